The van der Waals surface area contributed by atoms with E-state index in [0.717, 1.165) is 82.4 Å². The van der Waals surface area contributed by atoms with E-state index in [9.17, 15) is 19.2 Å². The van der Waals surface area contributed by atoms with Gasteiger partial charge in [0.2, 0.25) is 0 Å². The summed E-state index contributed by atoms with van der Waals surface area (Å²) in [6.07, 6.45) is 7.20. The summed E-state index contributed by atoms with van der Waals surface area (Å²) < 4.78 is 17.0. The van der Waals surface area contributed by atoms with Gasteiger partial charge >= 0.3 is 23.3 Å². The van der Waals surface area contributed by atoms with E-state index in [4.69, 9.17) is 9.47 Å². The standard InChI is InChI=1S/C17H21BrN2O3.C16H19BrN2O3.CH4/c1-19-14-8-7-13(18)9-15(14)20(17(19)22)10-11-3-5-12(6-4-11)16(21)23-2;1-22-15(20)11-4-2-10(3-5-11)9-19-14-8-12(17)6-7-13(14)18-16(19)21;/h7-9,11-12H,3-6,10H2,1-2H3;6-8,10-11H,2-5,9H2,1H3,(H,18,21);1H4. The molecule has 1 N–H and O–H groups in total. The maximum Gasteiger partial charge on any atom is 0.328 e. The summed E-state index contributed by atoms with van der Waals surface area (Å²) in [5, 5.41) is 0. The van der Waals surface area contributed by atoms with Crippen LogP contribution in [0.2, 0.25) is 0 Å². The SMILES string of the molecule is C.COC(=O)C1CCC(Cn2c(=O)[nH]c3ccc(Br)cc32)CC1.COC(=O)C1CCC(Cn2c(=O)n(C)c3ccc(Br)cc32)CC1. The number of rotatable bonds is 6. The van der Waals surface area contributed by atoms with Crippen molar-refractivity contribution >= 4 is 65.9 Å². The molecule has 0 amide bonds. The highest BCUT2D eigenvalue weighted by molar-refractivity contribution is 9.10. The van der Waals surface area contributed by atoms with Crippen LogP contribution in [0.5, 0.6) is 0 Å². The van der Waals surface area contributed by atoms with Crippen molar-refractivity contribution in [2.45, 2.75) is 71.9 Å². The zero-order chi connectivity index (χ0) is 32.2. The second-order valence-electron chi connectivity index (χ2n) is 12.3. The average molecular weight is 765 g/mol. The molecule has 0 spiro atoms. The number of hydrogen-bond acceptors (Lipinski definition) is 6. The van der Waals surface area contributed by atoms with Gasteiger partial charge in [-0.15, -0.1) is 0 Å². The lowest BCUT2D eigenvalue weighted by Crippen LogP contribution is -2.29. The van der Waals surface area contributed by atoms with Gasteiger partial charge in [0.25, 0.3) is 0 Å². The number of methoxy groups -OCH3 is 2. The van der Waals surface area contributed by atoms with Crippen LogP contribution in [0.4, 0.5) is 0 Å². The van der Waals surface area contributed by atoms with Crippen molar-refractivity contribution in [3.63, 3.8) is 0 Å². The second kappa shape index (κ2) is 15.6. The number of halogens is 2. The van der Waals surface area contributed by atoms with Crippen LogP contribution >= 0.6 is 31.9 Å². The Labute approximate surface area is 285 Å². The lowest BCUT2D eigenvalue weighted by Gasteiger charge is -2.27. The monoisotopic (exact) mass is 762 g/mol. The molecule has 2 aliphatic carbocycles. The van der Waals surface area contributed by atoms with Crippen LogP contribution in [0.1, 0.15) is 58.8 Å². The zero-order valence-corrected chi connectivity index (χ0v) is 29.1. The number of fused-ring (bicyclic) bond motifs is 2. The highest BCUT2D eigenvalue weighted by atomic mass is 79.9. The topological polar surface area (TPSA) is 117 Å². The first-order chi connectivity index (χ1) is 21.6. The van der Waals surface area contributed by atoms with Crippen LogP contribution in [0.15, 0.2) is 54.9 Å². The van der Waals surface area contributed by atoms with Gasteiger partial charge in [0.1, 0.15) is 0 Å². The molecule has 2 saturated carbocycles. The molecular weight excluding hydrogens is 720 g/mol. The summed E-state index contributed by atoms with van der Waals surface area (Å²) in [7, 11) is 4.70. The molecule has 0 radical (unpaired) electrons. The molecule has 0 saturated heterocycles. The number of ether oxygens (including phenoxy) is 2. The number of aromatic amines is 1. The molecule has 2 aromatic carbocycles. The quantitative estimate of drug-likeness (QED) is 0.216. The van der Waals surface area contributed by atoms with Gasteiger partial charge < -0.3 is 14.5 Å². The largest absolute Gasteiger partial charge is 0.469 e. The van der Waals surface area contributed by atoms with Crippen molar-refractivity contribution in [2.24, 2.45) is 30.7 Å². The third kappa shape index (κ3) is 7.87. The van der Waals surface area contributed by atoms with E-state index >= 15 is 0 Å². The van der Waals surface area contributed by atoms with Crippen molar-refractivity contribution in [1.29, 1.82) is 0 Å². The zero-order valence-electron chi connectivity index (χ0n) is 25.9. The Balaban J connectivity index is 0.000000205. The van der Waals surface area contributed by atoms with Crippen molar-refractivity contribution in [1.82, 2.24) is 18.7 Å². The van der Waals surface area contributed by atoms with Gasteiger partial charge in [-0.2, -0.15) is 0 Å². The number of esters is 2. The van der Waals surface area contributed by atoms with E-state index in [-0.39, 0.29) is 42.6 Å². The number of aryl methyl sites for hydroxylation is 1. The Kier molecular flexibility index (Phi) is 12.2. The Morgan fingerprint density at radius 2 is 1.22 bits per heavy atom. The van der Waals surface area contributed by atoms with E-state index in [1.807, 2.05) is 52.6 Å². The lowest BCUT2D eigenvalue weighted by molar-refractivity contribution is -0.147. The van der Waals surface area contributed by atoms with Crippen molar-refractivity contribution in [3.8, 4) is 0 Å². The van der Waals surface area contributed by atoms with Gasteiger partial charge in [-0.25, -0.2) is 9.59 Å². The second-order valence-corrected chi connectivity index (χ2v) is 14.1. The number of carbonyl (C=O) groups excluding carboxylic acids is 2. The molecule has 0 aliphatic heterocycles. The van der Waals surface area contributed by atoms with Gasteiger partial charge in [0.05, 0.1) is 48.1 Å². The highest BCUT2D eigenvalue weighted by Gasteiger charge is 2.29. The van der Waals surface area contributed by atoms with Gasteiger partial charge in [0, 0.05) is 29.1 Å². The molecule has 4 aromatic rings. The Morgan fingerprint density at radius 3 is 1.74 bits per heavy atom. The van der Waals surface area contributed by atoms with E-state index in [0.29, 0.717) is 24.9 Å². The minimum atomic E-state index is -0.105. The van der Waals surface area contributed by atoms with Gasteiger partial charge in [-0.1, -0.05) is 39.3 Å². The fraction of sp³-hybridized carbons (Fsp3) is 0.529. The van der Waals surface area contributed by atoms with Crippen LogP contribution < -0.4 is 11.4 Å². The molecule has 0 bridgehead atoms. The van der Waals surface area contributed by atoms with Crippen molar-refractivity contribution in [2.75, 3.05) is 14.2 Å². The fourth-order valence-electron chi connectivity index (χ4n) is 6.88. The normalized spacial score (nSPS) is 21.2. The minimum Gasteiger partial charge on any atom is -0.469 e. The van der Waals surface area contributed by atoms with Gasteiger partial charge in [-0.3, -0.25) is 23.3 Å². The number of aromatic nitrogens is 4. The van der Waals surface area contributed by atoms with Gasteiger partial charge in [-0.05, 0) is 99.6 Å². The summed E-state index contributed by atoms with van der Waals surface area (Å²) in [6.45, 7) is 1.41. The summed E-state index contributed by atoms with van der Waals surface area (Å²) in [5.74, 6) is 0.695. The number of nitrogens with one attached hydrogen (secondary N) is 1. The molecule has 2 heterocycles. The Hall–Kier alpha value is -3.12. The van der Waals surface area contributed by atoms with Crippen molar-refractivity contribution in [3.05, 3.63) is 66.3 Å². The van der Waals surface area contributed by atoms with Gasteiger partial charge in [0.15, 0.2) is 0 Å². The lowest BCUT2D eigenvalue weighted by atomic mass is 9.82. The number of H-pyrrole nitrogens is 1. The third-order valence-electron chi connectivity index (χ3n) is 9.49. The van der Waals surface area contributed by atoms with Crippen LogP contribution in [0.3, 0.4) is 0 Å². The first-order valence-corrected chi connectivity index (χ1v) is 17.1. The number of benzene rings is 2. The van der Waals surface area contributed by atoms with Crippen LogP contribution in [0.25, 0.3) is 22.1 Å². The molecule has 10 nitrogen and oxygen atoms in total. The summed E-state index contributed by atoms with van der Waals surface area (Å²) in [4.78, 5) is 50.8. The molecule has 2 fully saturated rings. The average Bonchev–Trinajstić information content (AvgIpc) is 3.48. The van der Waals surface area contributed by atoms with E-state index in [1.54, 1.807) is 4.57 Å². The Bertz CT molecular complexity index is 1790. The molecule has 46 heavy (non-hydrogen) atoms. The molecule has 12 heteroatoms. The molecule has 2 aliphatic rings. The predicted molar refractivity (Wildman–Crippen MR) is 187 cm³/mol. The maximum absolute atomic E-state index is 12.5. The van der Waals surface area contributed by atoms with E-state index < -0.39 is 0 Å². The molecule has 0 atom stereocenters. The number of nitrogens with zero attached hydrogens (tertiary/aromatic N) is 3. The fourth-order valence-corrected chi connectivity index (χ4v) is 7.58. The maximum atomic E-state index is 12.5. The molecule has 250 valence electrons. The predicted octanol–water partition coefficient (Wildman–Crippen LogP) is 6.79. The van der Waals surface area contributed by atoms with E-state index in [1.165, 1.54) is 14.2 Å². The molecule has 6 rings (SSSR count). The summed E-state index contributed by atoms with van der Waals surface area (Å²) in [5.41, 5.74) is 3.64. The van der Waals surface area contributed by atoms with Crippen LogP contribution in [-0.4, -0.2) is 44.8 Å². The number of carbonyl (C=O) groups is 2. The first kappa shape index (κ1) is 35.7. The molecular formula is C34H44Br2N4O6. The molecule has 0 unspecified atom stereocenters. The van der Waals surface area contributed by atoms with E-state index in [2.05, 4.69) is 36.8 Å². The molecule has 2 aromatic heterocycles. The summed E-state index contributed by atoms with van der Waals surface area (Å²) >= 11 is 6.93. The number of imidazole rings is 2. The highest BCUT2D eigenvalue weighted by Crippen LogP contribution is 2.32. The minimum absolute atomic E-state index is 0. The Morgan fingerprint density at radius 1 is 0.739 bits per heavy atom. The summed E-state index contributed by atoms with van der Waals surface area (Å²) in [6, 6.07) is 11.7. The smallest absolute Gasteiger partial charge is 0.328 e. The van der Waals surface area contributed by atoms with Crippen molar-refractivity contribution < 1.29 is 19.1 Å². The van der Waals surface area contributed by atoms with Crippen LogP contribution in [-0.2, 0) is 39.2 Å². The first-order valence-electron chi connectivity index (χ1n) is 15.5. The number of hydrogen-bond donors (Lipinski definition) is 1. The third-order valence-corrected chi connectivity index (χ3v) is 10.5. The van der Waals surface area contributed by atoms with Crippen LogP contribution in [0, 0.1) is 23.7 Å².